The minimum Gasteiger partial charge on any atom is -0.353 e. The highest BCUT2D eigenvalue weighted by Crippen LogP contribution is 2.36. The van der Waals surface area contributed by atoms with Crippen LogP contribution in [0.5, 0.6) is 0 Å². The number of hydrogen-bond acceptors (Lipinski definition) is 2. The molecule has 0 saturated heterocycles. The predicted octanol–water partition coefficient (Wildman–Crippen LogP) is 5.38. The van der Waals surface area contributed by atoms with Gasteiger partial charge in [-0.15, -0.1) is 6.58 Å². The van der Waals surface area contributed by atoms with Crippen molar-refractivity contribution in [1.29, 1.82) is 0 Å². The van der Waals surface area contributed by atoms with E-state index in [0.29, 0.717) is 18.7 Å². The monoisotopic (exact) mass is 503 g/mol. The lowest BCUT2D eigenvalue weighted by molar-refractivity contribution is -0.143. The molecule has 0 atom stereocenters. The van der Waals surface area contributed by atoms with Crippen LogP contribution in [0.2, 0.25) is 0 Å². The normalized spacial score (nSPS) is 12.1. The van der Waals surface area contributed by atoms with Crippen molar-refractivity contribution in [3.8, 4) is 0 Å². The Kier molecular flexibility index (Phi) is 8.80. The topological polar surface area (TPSA) is 45.6 Å². The Labute approximate surface area is 199 Å². The molecule has 0 saturated carbocycles. The summed E-state index contributed by atoms with van der Waals surface area (Å²) in [6, 6.07) is 4.27. The van der Waals surface area contributed by atoms with E-state index in [1.165, 1.54) is 11.0 Å². The molecule has 11 heteroatoms. The molecule has 192 valence electrons. The molecule has 0 aliphatic rings. The van der Waals surface area contributed by atoms with Crippen LogP contribution in [0.3, 0.4) is 0 Å². The van der Waals surface area contributed by atoms with Crippen molar-refractivity contribution in [3.63, 3.8) is 0 Å². The Morgan fingerprint density at radius 3 is 2.03 bits per heavy atom. The van der Waals surface area contributed by atoms with Crippen LogP contribution in [0.15, 0.2) is 49.2 Å². The lowest BCUT2D eigenvalue weighted by Crippen LogP contribution is -2.44. The third kappa shape index (κ3) is 7.63. The zero-order valence-corrected chi connectivity index (χ0v) is 19.6. The molecule has 0 aliphatic heterocycles. The van der Waals surface area contributed by atoms with Gasteiger partial charge in [-0.2, -0.15) is 26.3 Å². The third-order valence-electron chi connectivity index (χ3n) is 5.14. The van der Waals surface area contributed by atoms with Gasteiger partial charge in [-0.25, -0.2) is 0 Å². The van der Waals surface area contributed by atoms with Crippen LogP contribution in [-0.2, 0) is 30.7 Å². The zero-order chi connectivity index (χ0) is 26.6. The fourth-order valence-electron chi connectivity index (χ4n) is 3.45. The Morgan fingerprint density at radius 2 is 1.60 bits per heavy atom. The number of alkyl halides is 6. The maximum Gasteiger partial charge on any atom is 0.416 e. The smallest absolute Gasteiger partial charge is 0.353 e. The minimum atomic E-state index is -5.10. The van der Waals surface area contributed by atoms with Gasteiger partial charge in [0.1, 0.15) is 6.54 Å². The summed E-state index contributed by atoms with van der Waals surface area (Å²) < 4.78 is 81.2. The first-order valence-corrected chi connectivity index (χ1v) is 10.7. The standard InChI is InChI=1S/C24H27F6N3O2/c1-5-8-32(15-21(34)33(13-16(2)3)14-20-7-6-9-31(20)4)22(35)17-10-18(23(25,26)27)12-19(11-17)24(28,29)30/h5-7,9-12,16H,1,8,13-15H2,2-4H3. The molecule has 2 amide bonds. The van der Waals surface area contributed by atoms with Crippen molar-refractivity contribution in [1.82, 2.24) is 14.4 Å². The average Bonchev–Trinajstić information content (AvgIpc) is 3.14. The number of carbonyl (C=O) groups excluding carboxylic acids is 2. The van der Waals surface area contributed by atoms with Gasteiger partial charge in [-0.1, -0.05) is 19.9 Å². The highest BCUT2D eigenvalue weighted by atomic mass is 19.4. The van der Waals surface area contributed by atoms with Crippen LogP contribution in [0.1, 0.15) is 41.0 Å². The van der Waals surface area contributed by atoms with Crippen molar-refractivity contribution in [2.75, 3.05) is 19.6 Å². The molecule has 0 aliphatic carbocycles. The molecule has 1 aromatic heterocycles. The fourth-order valence-corrected chi connectivity index (χ4v) is 3.45. The van der Waals surface area contributed by atoms with Gasteiger partial charge in [-0.3, -0.25) is 9.59 Å². The highest BCUT2D eigenvalue weighted by molar-refractivity contribution is 5.97. The van der Waals surface area contributed by atoms with Crippen molar-refractivity contribution in [2.45, 2.75) is 32.7 Å². The summed E-state index contributed by atoms with van der Waals surface area (Å²) in [4.78, 5) is 28.5. The third-order valence-corrected chi connectivity index (χ3v) is 5.14. The molecule has 1 heterocycles. The molecular formula is C24H27F6N3O2. The van der Waals surface area contributed by atoms with Gasteiger partial charge in [-0.05, 0) is 36.2 Å². The first-order chi connectivity index (χ1) is 16.1. The van der Waals surface area contributed by atoms with E-state index in [2.05, 4.69) is 6.58 Å². The first-order valence-electron chi connectivity index (χ1n) is 10.7. The van der Waals surface area contributed by atoms with E-state index in [1.54, 1.807) is 19.3 Å². The molecule has 0 fully saturated rings. The quantitative estimate of drug-likeness (QED) is 0.341. The summed E-state index contributed by atoms with van der Waals surface area (Å²) in [5.41, 5.74) is -3.22. The molecule has 2 aromatic rings. The predicted molar refractivity (Wildman–Crippen MR) is 118 cm³/mol. The van der Waals surface area contributed by atoms with E-state index in [4.69, 9.17) is 0 Å². The molecule has 2 rings (SSSR count). The van der Waals surface area contributed by atoms with Crippen LogP contribution in [0, 0.1) is 5.92 Å². The summed E-state index contributed by atoms with van der Waals surface area (Å²) in [7, 11) is 1.80. The summed E-state index contributed by atoms with van der Waals surface area (Å²) in [5, 5.41) is 0. The number of aryl methyl sites for hydroxylation is 1. The van der Waals surface area contributed by atoms with Crippen LogP contribution in [-0.4, -0.2) is 45.8 Å². The molecule has 0 radical (unpaired) electrons. The van der Waals surface area contributed by atoms with Crippen molar-refractivity contribution in [3.05, 3.63) is 71.6 Å². The molecule has 0 unspecified atom stereocenters. The number of rotatable bonds is 9. The van der Waals surface area contributed by atoms with Crippen molar-refractivity contribution >= 4 is 11.8 Å². The highest BCUT2D eigenvalue weighted by Gasteiger charge is 2.38. The Hall–Kier alpha value is -3.24. The Balaban J connectivity index is 2.38. The second-order valence-electron chi connectivity index (χ2n) is 8.55. The van der Waals surface area contributed by atoms with E-state index in [9.17, 15) is 35.9 Å². The maximum absolute atomic E-state index is 13.2. The second-order valence-corrected chi connectivity index (χ2v) is 8.55. The van der Waals surface area contributed by atoms with Crippen LogP contribution >= 0.6 is 0 Å². The molecule has 35 heavy (non-hydrogen) atoms. The van der Waals surface area contributed by atoms with Crippen LogP contribution in [0.4, 0.5) is 26.3 Å². The van der Waals surface area contributed by atoms with E-state index in [-0.39, 0.29) is 25.1 Å². The Bertz CT molecular complexity index is 1020. The van der Waals surface area contributed by atoms with Gasteiger partial charge in [0, 0.05) is 37.6 Å². The lowest BCUT2D eigenvalue weighted by Gasteiger charge is -2.29. The van der Waals surface area contributed by atoms with Crippen molar-refractivity contribution < 1.29 is 35.9 Å². The van der Waals surface area contributed by atoms with Crippen molar-refractivity contribution in [2.24, 2.45) is 13.0 Å². The molecule has 0 N–H and O–H groups in total. The first kappa shape index (κ1) is 28.0. The van der Waals surface area contributed by atoms with Gasteiger partial charge in [0.25, 0.3) is 5.91 Å². The molecule has 0 spiro atoms. The van der Waals surface area contributed by atoms with Crippen LogP contribution < -0.4 is 0 Å². The van der Waals surface area contributed by atoms with E-state index in [0.717, 1.165) is 10.6 Å². The lowest BCUT2D eigenvalue weighted by atomic mass is 10.0. The van der Waals surface area contributed by atoms with Gasteiger partial charge in [0.15, 0.2) is 0 Å². The number of amides is 2. The van der Waals surface area contributed by atoms with E-state index < -0.39 is 47.4 Å². The van der Waals surface area contributed by atoms with E-state index >= 15 is 0 Å². The largest absolute Gasteiger partial charge is 0.416 e. The number of hydrogen-bond donors (Lipinski definition) is 0. The van der Waals surface area contributed by atoms with Crippen LogP contribution in [0.25, 0.3) is 0 Å². The molecular weight excluding hydrogens is 476 g/mol. The number of aromatic nitrogens is 1. The second kappa shape index (κ2) is 11.0. The number of nitrogens with zero attached hydrogens (tertiary/aromatic N) is 3. The number of carbonyl (C=O) groups is 2. The molecule has 5 nitrogen and oxygen atoms in total. The summed E-state index contributed by atoms with van der Waals surface area (Å²) in [6.07, 6.45) is -7.16. The maximum atomic E-state index is 13.2. The minimum absolute atomic E-state index is 0.0516. The van der Waals surface area contributed by atoms with Gasteiger partial charge in [0.2, 0.25) is 5.91 Å². The molecule has 1 aromatic carbocycles. The SMILES string of the molecule is C=CCN(CC(=O)N(Cc1cccn1C)CC(C)C)C(=O)c1cc(C(F)(F)F)cc(C(F)(F)F)c1. The fraction of sp³-hybridized carbons (Fsp3) is 0.417. The van der Waals surface area contributed by atoms with Gasteiger partial charge < -0.3 is 14.4 Å². The number of benzene rings is 1. The van der Waals surface area contributed by atoms with E-state index in [1.807, 2.05) is 24.5 Å². The van der Waals surface area contributed by atoms with Gasteiger partial charge >= 0.3 is 12.4 Å². The Morgan fingerprint density at radius 1 is 1.03 bits per heavy atom. The average molecular weight is 503 g/mol. The summed E-state index contributed by atoms with van der Waals surface area (Å²) in [6.45, 7) is 7.02. The summed E-state index contributed by atoms with van der Waals surface area (Å²) in [5.74, 6) is -1.57. The van der Waals surface area contributed by atoms with Gasteiger partial charge in [0.05, 0.1) is 17.7 Å². The number of halogens is 6. The summed E-state index contributed by atoms with van der Waals surface area (Å²) >= 11 is 0. The zero-order valence-electron chi connectivity index (χ0n) is 19.6. The molecule has 0 bridgehead atoms.